The fourth-order valence-corrected chi connectivity index (χ4v) is 4.64. The minimum atomic E-state index is -0.450. The van der Waals surface area contributed by atoms with E-state index in [-0.39, 0.29) is 17.1 Å². The number of phenolic OH excluding ortho intramolecular Hbond substituents is 2. The van der Waals surface area contributed by atoms with Crippen molar-refractivity contribution >= 4 is 22.4 Å². The molecule has 4 N–H and O–H groups in total. The molecule has 37 heavy (non-hydrogen) atoms. The van der Waals surface area contributed by atoms with Gasteiger partial charge in [-0.1, -0.05) is 18.2 Å². The largest absolute Gasteiger partial charge is 0.508 e. The van der Waals surface area contributed by atoms with E-state index < -0.39 is 6.04 Å². The molecule has 0 fully saturated rings. The summed E-state index contributed by atoms with van der Waals surface area (Å²) in [6, 6.07) is 15.2. The van der Waals surface area contributed by atoms with Gasteiger partial charge in [0.2, 0.25) is 0 Å². The zero-order valence-corrected chi connectivity index (χ0v) is 20.0. The van der Waals surface area contributed by atoms with Crippen LogP contribution >= 0.6 is 0 Å². The molecule has 0 bridgehead atoms. The minimum absolute atomic E-state index is 0.0371. The van der Waals surface area contributed by atoms with Gasteiger partial charge in [0, 0.05) is 29.6 Å². The number of aromatic hydroxyl groups is 2. The van der Waals surface area contributed by atoms with Crippen LogP contribution in [0.3, 0.4) is 0 Å². The highest BCUT2D eigenvalue weighted by atomic mass is 16.3. The molecule has 4 heterocycles. The second-order valence-corrected chi connectivity index (χ2v) is 8.84. The monoisotopic (exact) mass is 493 g/mol. The molecule has 6 rings (SSSR count). The molecule has 0 aliphatic heterocycles. The Kier molecular flexibility index (Phi) is 5.15. The van der Waals surface area contributed by atoms with Crippen molar-refractivity contribution in [1.29, 1.82) is 0 Å². The first-order valence-corrected chi connectivity index (χ1v) is 11.7. The van der Waals surface area contributed by atoms with Crippen LogP contribution in [0.4, 0.5) is 5.82 Å². The summed E-state index contributed by atoms with van der Waals surface area (Å²) in [6.07, 6.45) is 4.94. The van der Waals surface area contributed by atoms with Gasteiger partial charge >= 0.3 is 0 Å². The van der Waals surface area contributed by atoms with Gasteiger partial charge in [-0.05, 0) is 49.7 Å². The molecule has 10 nitrogen and oxygen atoms in total. The van der Waals surface area contributed by atoms with E-state index in [1.165, 1.54) is 18.5 Å². The normalized spacial score (nSPS) is 12.3. The fourth-order valence-electron chi connectivity index (χ4n) is 4.64. The lowest BCUT2D eigenvalue weighted by atomic mass is 10.0. The number of aromatic amines is 1. The predicted octanol–water partition coefficient (Wildman–Crippen LogP) is 4.32. The number of rotatable bonds is 5. The van der Waals surface area contributed by atoms with E-state index in [2.05, 4.69) is 20.3 Å². The Morgan fingerprint density at radius 3 is 2.62 bits per heavy atom. The van der Waals surface area contributed by atoms with Crippen molar-refractivity contribution in [1.82, 2.24) is 29.1 Å². The average Bonchev–Trinajstić information content (AvgIpc) is 3.49. The standard InChI is InChI=1S/C27H23N7O3/c1-15-10-11-33-23(15)27(37)34(17-6-4-3-5-7-17)26(32-33)16(2)31-25-22-20(13-28-24(22)29-14-30-25)19-9-8-18(35)12-21(19)36/h3-14,16,35-36H,1-2H3,(H2,28,29,30,31)/t16-/m0/s1. The smallest absolute Gasteiger partial charge is 0.282 e. The lowest BCUT2D eigenvalue weighted by Gasteiger charge is -2.20. The molecule has 0 aliphatic carbocycles. The summed E-state index contributed by atoms with van der Waals surface area (Å²) in [5.41, 5.74) is 3.63. The van der Waals surface area contributed by atoms with Gasteiger partial charge in [0.1, 0.15) is 34.8 Å². The van der Waals surface area contributed by atoms with Gasteiger partial charge in [-0.25, -0.2) is 14.5 Å². The highest BCUT2D eigenvalue weighted by Gasteiger charge is 2.22. The molecule has 0 spiro atoms. The Bertz CT molecular complexity index is 1840. The Morgan fingerprint density at radius 1 is 1.03 bits per heavy atom. The molecule has 4 aromatic heterocycles. The molecular weight excluding hydrogens is 470 g/mol. The summed E-state index contributed by atoms with van der Waals surface area (Å²) in [6.45, 7) is 3.79. The number of phenols is 2. The van der Waals surface area contributed by atoms with E-state index >= 15 is 0 Å². The van der Waals surface area contributed by atoms with Crippen LogP contribution in [-0.2, 0) is 0 Å². The molecule has 2 aromatic carbocycles. The Hall–Kier alpha value is -5.12. The number of para-hydroxylation sites is 1. The van der Waals surface area contributed by atoms with E-state index in [0.717, 1.165) is 5.56 Å². The molecule has 0 saturated carbocycles. The third kappa shape index (κ3) is 3.66. The topological polar surface area (TPSA) is 133 Å². The van der Waals surface area contributed by atoms with Crippen molar-refractivity contribution < 1.29 is 10.2 Å². The summed E-state index contributed by atoms with van der Waals surface area (Å²) in [5.74, 6) is 0.885. The van der Waals surface area contributed by atoms with Crippen LogP contribution < -0.4 is 10.9 Å². The molecule has 184 valence electrons. The molecule has 10 heteroatoms. The van der Waals surface area contributed by atoms with E-state index in [1.807, 2.05) is 50.2 Å². The molecular formula is C27H23N7O3. The maximum atomic E-state index is 13.7. The van der Waals surface area contributed by atoms with E-state index in [0.29, 0.717) is 45.0 Å². The van der Waals surface area contributed by atoms with Crippen LogP contribution in [0.5, 0.6) is 11.5 Å². The number of nitrogens with one attached hydrogen (secondary N) is 2. The summed E-state index contributed by atoms with van der Waals surface area (Å²) < 4.78 is 3.22. The van der Waals surface area contributed by atoms with Crippen molar-refractivity contribution in [3.8, 4) is 28.3 Å². The number of anilines is 1. The second kappa shape index (κ2) is 8.52. The number of aromatic nitrogens is 6. The van der Waals surface area contributed by atoms with Crippen LogP contribution in [0.1, 0.15) is 24.4 Å². The highest BCUT2D eigenvalue weighted by molar-refractivity contribution is 6.02. The molecule has 6 aromatic rings. The Morgan fingerprint density at radius 2 is 1.84 bits per heavy atom. The number of nitrogens with zero attached hydrogens (tertiary/aromatic N) is 5. The van der Waals surface area contributed by atoms with E-state index in [9.17, 15) is 15.0 Å². The zero-order valence-electron chi connectivity index (χ0n) is 20.0. The van der Waals surface area contributed by atoms with Crippen molar-refractivity contribution in [3.63, 3.8) is 0 Å². The van der Waals surface area contributed by atoms with Gasteiger partial charge in [-0.3, -0.25) is 9.36 Å². The van der Waals surface area contributed by atoms with Crippen LogP contribution in [0.25, 0.3) is 33.4 Å². The average molecular weight is 494 g/mol. The van der Waals surface area contributed by atoms with Crippen LogP contribution in [0.15, 0.2) is 78.1 Å². The number of fused-ring (bicyclic) bond motifs is 2. The second-order valence-electron chi connectivity index (χ2n) is 8.84. The molecule has 0 unspecified atom stereocenters. The van der Waals surface area contributed by atoms with Crippen molar-refractivity contribution in [2.45, 2.75) is 19.9 Å². The molecule has 0 saturated heterocycles. The third-order valence-corrected chi connectivity index (χ3v) is 6.41. The van der Waals surface area contributed by atoms with Gasteiger partial charge in [0.15, 0.2) is 5.82 Å². The van der Waals surface area contributed by atoms with Gasteiger partial charge < -0.3 is 20.5 Å². The van der Waals surface area contributed by atoms with Crippen molar-refractivity contribution in [3.05, 3.63) is 95.1 Å². The minimum Gasteiger partial charge on any atom is -0.508 e. The van der Waals surface area contributed by atoms with Crippen LogP contribution in [0.2, 0.25) is 0 Å². The van der Waals surface area contributed by atoms with Gasteiger partial charge in [-0.2, -0.15) is 5.10 Å². The molecule has 1 atom stereocenters. The number of hydrogen-bond acceptors (Lipinski definition) is 7. The maximum Gasteiger partial charge on any atom is 0.282 e. The van der Waals surface area contributed by atoms with Crippen LogP contribution in [0, 0.1) is 6.92 Å². The Labute approximate surface area is 210 Å². The van der Waals surface area contributed by atoms with Gasteiger partial charge in [0.05, 0.1) is 17.1 Å². The third-order valence-electron chi connectivity index (χ3n) is 6.41. The zero-order chi connectivity index (χ0) is 25.7. The van der Waals surface area contributed by atoms with Crippen molar-refractivity contribution in [2.75, 3.05) is 5.32 Å². The molecule has 0 radical (unpaired) electrons. The van der Waals surface area contributed by atoms with E-state index in [4.69, 9.17) is 5.10 Å². The van der Waals surface area contributed by atoms with E-state index in [1.54, 1.807) is 27.5 Å². The molecule has 0 amide bonds. The lowest BCUT2D eigenvalue weighted by Crippen LogP contribution is -2.29. The first-order chi connectivity index (χ1) is 17.9. The Balaban J connectivity index is 1.50. The van der Waals surface area contributed by atoms with Crippen LogP contribution in [-0.4, -0.2) is 39.3 Å². The number of benzene rings is 2. The first kappa shape index (κ1) is 22.4. The SMILES string of the molecule is Cc1ccn2nc([C@H](C)Nc3ncnc4[nH]cc(-c5ccc(O)cc5O)c34)n(-c3ccccc3)c(=O)c12. The summed E-state index contributed by atoms with van der Waals surface area (Å²) in [5, 5.41) is 29.1. The summed E-state index contributed by atoms with van der Waals surface area (Å²) >= 11 is 0. The summed E-state index contributed by atoms with van der Waals surface area (Å²) in [4.78, 5) is 25.6. The number of aryl methyl sites for hydroxylation is 1. The highest BCUT2D eigenvalue weighted by Crippen LogP contribution is 2.38. The quantitative estimate of drug-likeness (QED) is 0.281. The van der Waals surface area contributed by atoms with Crippen molar-refractivity contribution in [2.24, 2.45) is 0 Å². The predicted molar refractivity (Wildman–Crippen MR) is 140 cm³/mol. The fraction of sp³-hybridized carbons (Fsp3) is 0.111. The van der Waals surface area contributed by atoms with Gasteiger partial charge in [0.25, 0.3) is 5.56 Å². The number of hydrogen-bond donors (Lipinski definition) is 4. The first-order valence-electron chi connectivity index (χ1n) is 11.7. The number of H-pyrrole nitrogens is 1. The molecule has 0 aliphatic rings. The summed E-state index contributed by atoms with van der Waals surface area (Å²) in [7, 11) is 0. The maximum absolute atomic E-state index is 13.7. The lowest BCUT2D eigenvalue weighted by molar-refractivity contribution is 0.452. The van der Waals surface area contributed by atoms with Gasteiger partial charge in [-0.15, -0.1) is 0 Å².